The summed E-state index contributed by atoms with van der Waals surface area (Å²) in [5.41, 5.74) is 1.00. The van der Waals surface area contributed by atoms with E-state index in [-0.39, 0.29) is 11.3 Å². The second-order valence-corrected chi connectivity index (χ2v) is 4.59. The molecule has 0 amide bonds. The van der Waals surface area contributed by atoms with E-state index in [0.29, 0.717) is 0 Å². The Kier molecular flexibility index (Phi) is 3.97. The predicted octanol–water partition coefficient (Wildman–Crippen LogP) is 2.98. The van der Waals surface area contributed by atoms with Crippen molar-refractivity contribution in [1.29, 1.82) is 0 Å². The number of carbonyl (C=O) groups excluding carboxylic acids is 1. The predicted molar refractivity (Wildman–Crippen MR) is 65.5 cm³/mol. The van der Waals surface area contributed by atoms with E-state index in [4.69, 9.17) is 11.6 Å². The van der Waals surface area contributed by atoms with Crippen molar-refractivity contribution in [1.82, 2.24) is 4.90 Å². The van der Waals surface area contributed by atoms with E-state index in [1.807, 2.05) is 30.3 Å². The summed E-state index contributed by atoms with van der Waals surface area (Å²) in [6.45, 7) is 1.94. The fourth-order valence-electron chi connectivity index (χ4n) is 2.30. The van der Waals surface area contributed by atoms with Crippen LogP contribution in [0.2, 0.25) is 0 Å². The summed E-state index contributed by atoms with van der Waals surface area (Å²) in [7, 11) is 0. The first-order valence-electron chi connectivity index (χ1n) is 5.77. The van der Waals surface area contributed by atoms with Gasteiger partial charge in [0.15, 0.2) is 0 Å². The lowest BCUT2D eigenvalue weighted by atomic mass is 10.0. The number of benzene rings is 1. The fourth-order valence-corrected chi connectivity index (χ4v) is 2.56. The lowest BCUT2D eigenvalue weighted by Crippen LogP contribution is -2.36. The van der Waals surface area contributed by atoms with E-state index < -0.39 is 0 Å². The monoisotopic (exact) mass is 237 g/mol. The molecular formula is C13H16ClNO. The van der Waals surface area contributed by atoms with E-state index in [1.165, 1.54) is 6.42 Å². The van der Waals surface area contributed by atoms with Gasteiger partial charge < -0.3 is 0 Å². The Hall–Kier alpha value is -0.860. The number of hydrogen-bond acceptors (Lipinski definition) is 2. The number of carbonyl (C=O) groups is 1. The van der Waals surface area contributed by atoms with E-state index in [9.17, 15) is 4.79 Å². The van der Waals surface area contributed by atoms with Crippen molar-refractivity contribution in [2.45, 2.75) is 25.3 Å². The number of halogens is 1. The van der Waals surface area contributed by atoms with Crippen LogP contribution in [0, 0.1) is 0 Å². The van der Waals surface area contributed by atoms with Gasteiger partial charge in [-0.2, -0.15) is 0 Å². The van der Waals surface area contributed by atoms with Gasteiger partial charge in [0.05, 0.1) is 0 Å². The minimum Gasteiger partial charge on any atom is -0.289 e. The highest BCUT2D eigenvalue weighted by atomic mass is 35.5. The van der Waals surface area contributed by atoms with Crippen molar-refractivity contribution in [3.8, 4) is 0 Å². The van der Waals surface area contributed by atoms with Gasteiger partial charge in [-0.25, -0.2) is 0 Å². The molecule has 2 nitrogen and oxygen atoms in total. The van der Waals surface area contributed by atoms with Crippen LogP contribution < -0.4 is 0 Å². The van der Waals surface area contributed by atoms with Crippen LogP contribution >= 0.6 is 11.6 Å². The Morgan fingerprint density at radius 2 is 1.75 bits per heavy atom. The molecule has 3 heteroatoms. The highest BCUT2D eigenvalue weighted by Crippen LogP contribution is 2.26. The highest BCUT2D eigenvalue weighted by molar-refractivity contribution is 6.64. The summed E-state index contributed by atoms with van der Waals surface area (Å²) in [6.07, 6.45) is 3.58. The SMILES string of the molecule is O=C(Cl)C(c1ccccc1)N1CCCCC1. The van der Waals surface area contributed by atoms with E-state index >= 15 is 0 Å². The number of hydrogen-bond donors (Lipinski definition) is 0. The van der Waals surface area contributed by atoms with Gasteiger partial charge in [-0.3, -0.25) is 9.69 Å². The average molecular weight is 238 g/mol. The third-order valence-corrected chi connectivity index (χ3v) is 3.29. The Morgan fingerprint density at radius 3 is 2.31 bits per heavy atom. The Labute approximate surface area is 101 Å². The molecule has 1 unspecified atom stereocenters. The molecule has 0 bridgehead atoms. The molecule has 1 fully saturated rings. The molecule has 16 heavy (non-hydrogen) atoms. The topological polar surface area (TPSA) is 20.3 Å². The maximum absolute atomic E-state index is 11.6. The van der Waals surface area contributed by atoms with Crippen LogP contribution in [-0.4, -0.2) is 23.2 Å². The maximum Gasteiger partial charge on any atom is 0.243 e. The van der Waals surface area contributed by atoms with Crippen molar-refractivity contribution in [3.05, 3.63) is 35.9 Å². The first-order valence-corrected chi connectivity index (χ1v) is 6.15. The number of rotatable bonds is 3. The summed E-state index contributed by atoms with van der Waals surface area (Å²) in [4.78, 5) is 13.8. The van der Waals surface area contributed by atoms with Gasteiger partial charge in [-0.15, -0.1) is 0 Å². The third-order valence-electron chi connectivity index (χ3n) is 3.09. The second kappa shape index (κ2) is 5.46. The lowest BCUT2D eigenvalue weighted by molar-refractivity contribution is -0.117. The van der Waals surface area contributed by atoms with Gasteiger partial charge in [-0.05, 0) is 43.1 Å². The first kappa shape index (κ1) is 11.6. The molecular weight excluding hydrogens is 222 g/mol. The van der Waals surface area contributed by atoms with Gasteiger partial charge in [0, 0.05) is 0 Å². The zero-order valence-electron chi connectivity index (χ0n) is 9.23. The molecule has 0 aliphatic carbocycles. The van der Waals surface area contributed by atoms with Gasteiger partial charge in [0.25, 0.3) is 0 Å². The van der Waals surface area contributed by atoms with Crippen LogP contribution in [-0.2, 0) is 4.79 Å². The normalized spacial score (nSPS) is 19.3. The van der Waals surface area contributed by atoms with Crippen LogP contribution in [0.15, 0.2) is 30.3 Å². The van der Waals surface area contributed by atoms with Crippen molar-refractivity contribution in [3.63, 3.8) is 0 Å². The number of likely N-dealkylation sites (tertiary alicyclic amines) is 1. The fraction of sp³-hybridized carbons (Fsp3) is 0.462. The molecule has 1 aliphatic heterocycles. The number of nitrogens with zero attached hydrogens (tertiary/aromatic N) is 1. The zero-order chi connectivity index (χ0) is 11.4. The summed E-state index contributed by atoms with van der Waals surface area (Å²) in [6, 6.07) is 9.54. The van der Waals surface area contributed by atoms with Crippen LogP contribution in [0.4, 0.5) is 0 Å². The van der Waals surface area contributed by atoms with Crippen LogP contribution in [0.5, 0.6) is 0 Å². The van der Waals surface area contributed by atoms with Crippen LogP contribution in [0.3, 0.4) is 0 Å². The molecule has 2 rings (SSSR count). The minimum atomic E-state index is -0.270. The Morgan fingerprint density at radius 1 is 1.12 bits per heavy atom. The summed E-state index contributed by atoms with van der Waals surface area (Å²) in [5.74, 6) is 0. The molecule has 0 radical (unpaired) electrons. The third kappa shape index (κ3) is 2.63. The lowest BCUT2D eigenvalue weighted by Gasteiger charge is -2.32. The molecule has 1 aliphatic rings. The average Bonchev–Trinajstić information content (AvgIpc) is 2.31. The van der Waals surface area contributed by atoms with Crippen molar-refractivity contribution in [2.75, 3.05) is 13.1 Å². The zero-order valence-corrected chi connectivity index (χ0v) is 9.99. The second-order valence-electron chi connectivity index (χ2n) is 4.21. The largest absolute Gasteiger partial charge is 0.289 e. The van der Waals surface area contributed by atoms with Gasteiger partial charge in [0.2, 0.25) is 5.24 Å². The number of piperidine rings is 1. The molecule has 0 aromatic heterocycles. The summed E-state index contributed by atoms with van der Waals surface area (Å²) in [5, 5.41) is -0.270. The molecule has 0 saturated carbocycles. The van der Waals surface area contributed by atoms with Gasteiger partial charge in [-0.1, -0.05) is 36.8 Å². The minimum absolute atomic E-state index is 0.261. The molecule has 1 saturated heterocycles. The Bertz CT molecular complexity index is 346. The van der Waals surface area contributed by atoms with Crippen LogP contribution in [0.25, 0.3) is 0 Å². The maximum atomic E-state index is 11.6. The standard InChI is InChI=1S/C13H16ClNO/c14-13(16)12(11-7-3-1-4-8-11)15-9-5-2-6-10-15/h1,3-4,7-8,12H,2,5-6,9-10H2. The van der Waals surface area contributed by atoms with Gasteiger partial charge >= 0.3 is 0 Å². The molecule has 86 valence electrons. The van der Waals surface area contributed by atoms with Crippen molar-refractivity contribution < 1.29 is 4.79 Å². The molecule has 1 atom stereocenters. The van der Waals surface area contributed by atoms with E-state index in [2.05, 4.69) is 4.90 Å². The molecule has 1 aromatic carbocycles. The van der Waals surface area contributed by atoms with E-state index in [0.717, 1.165) is 31.5 Å². The highest BCUT2D eigenvalue weighted by Gasteiger charge is 2.26. The van der Waals surface area contributed by atoms with Crippen molar-refractivity contribution in [2.24, 2.45) is 0 Å². The smallest absolute Gasteiger partial charge is 0.243 e. The Balaban J connectivity index is 2.20. The first-order chi connectivity index (χ1) is 7.79. The quantitative estimate of drug-likeness (QED) is 0.754. The van der Waals surface area contributed by atoms with Gasteiger partial charge in [0.1, 0.15) is 6.04 Å². The molecule has 1 heterocycles. The summed E-state index contributed by atoms with van der Waals surface area (Å²) >= 11 is 5.73. The molecule has 1 aromatic rings. The molecule has 0 N–H and O–H groups in total. The van der Waals surface area contributed by atoms with E-state index in [1.54, 1.807) is 0 Å². The molecule has 0 spiro atoms. The van der Waals surface area contributed by atoms with Crippen LogP contribution in [0.1, 0.15) is 30.9 Å². The summed E-state index contributed by atoms with van der Waals surface area (Å²) < 4.78 is 0. The van der Waals surface area contributed by atoms with Crippen molar-refractivity contribution >= 4 is 16.8 Å².